The molecule has 1 aromatic carbocycles. The van der Waals surface area contributed by atoms with E-state index < -0.39 is 0 Å². The lowest BCUT2D eigenvalue weighted by molar-refractivity contribution is 0.300. The Labute approximate surface area is 96.4 Å². The molecule has 0 heterocycles. The van der Waals surface area contributed by atoms with Crippen LogP contribution in [0.4, 0.5) is 5.69 Å². The summed E-state index contributed by atoms with van der Waals surface area (Å²) < 4.78 is 5.21. The number of hydrogen-bond acceptors (Lipinski definition) is 3. The van der Waals surface area contributed by atoms with Gasteiger partial charge in [0, 0.05) is 12.6 Å². The standard InChI is InChI=1S/C12H17NOS/c1-10(15)14-9-3-2-4-11-5-7-12(13)8-6-11/h5-8H,2-4,9,13H2,1H3. The molecule has 0 atom stereocenters. The topological polar surface area (TPSA) is 35.2 Å². The first-order valence-corrected chi connectivity index (χ1v) is 5.57. The molecule has 0 saturated heterocycles. The quantitative estimate of drug-likeness (QED) is 0.473. The zero-order chi connectivity index (χ0) is 11.1. The van der Waals surface area contributed by atoms with Crippen LogP contribution in [-0.4, -0.2) is 11.7 Å². The van der Waals surface area contributed by atoms with Crippen LogP contribution in [0, 0.1) is 0 Å². The number of aryl methyl sites for hydroxylation is 1. The molecule has 0 radical (unpaired) electrons. The van der Waals surface area contributed by atoms with Gasteiger partial charge in [-0.05, 0) is 49.2 Å². The van der Waals surface area contributed by atoms with Crippen molar-refractivity contribution in [1.29, 1.82) is 0 Å². The van der Waals surface area contributed by atoms with E-state index in [1.807, 2.05) is 12.1 Å². The average molecular weight is 223 g/mol. The van der Waals surface area contributed by atoms with Crippen LogP contribution in [0.2, 0.25) is 0 Å². The number of nitrogens with two attached hydrogens (primary N) is 1. The second kappa shape index (κ2) is 6.40. The molecule has 0 aliphatic carbocycles. The summed E-state index contributed by atoms with van der Waals surface area (Å²) in [7, 11) is 0. The van der Waals surface area contributed by atoms with Crippen molar-refractivity contribution in [3.05, 3.63) is 29.8 Å². The fourth-order valence-corrected chi connectivity index (χ4v) is 1.41. The first kappa shape index (κ1) is 12.0. The SMILES string of the molecule is CC(=S)OCCCCc1ccc(N)cc1. The number of nitrogen functional groups attached to an aromatic ring is 1. The van der Waals surface area contributed by atoms with Crippen molar-refractivity contribution in [2.24, 2.45) is 0 Å². The van der Waals surface area contributed by atoms with Gasteiger partial charge in [0.05, 0.1) is 6.61 Å². The van der Waals surface area contributed by atoms with Gasteiger partial charge in [-0.25, -0.2) is 0 Å². The lowest BCUT2D eigenvalue weighted by Crippen LogP contribution is -1.99. The van der Waals surface area contributed by atoms with Gasteiger partial charge in [-0.1, -0.05) is 12.1 Å². The summed E-state index contributed by atoms with van der Waals surface area (Å²) in [5, 5.41) is 0.627. The first-order valence-electron chi connectivity index (χ1n) is 5.16. The minimum Gasteiger partial charge on any atom is -0.487 e. The Morgan fingerprint density at radius 3 is 2.53 bits per heavy atom. The Hall–Kier alpha value is -1.09. The molecule has 0 amide bonds. The van der Waals surface area contributed by atoms with Gasteiger partial charge in [-0.15, -0.1) is 0 Å². The molecule has 3 heteroatoms. The van der Waals surface area contributed by atoms with Crippen LogP contribution in [-0.2, 0) is 11.2 Å². The fourth-order valence-electron chi connectivity index (χ4n) is 1.33. The van der Waals surface area contributed by atoms with Crippen LogP contribution >= 0.6 is 12.2 Å². The maximum atomic E-state index is 5.60. The third kappa shape index (κ3) is 5.37. The van der Waals surface area contributed by atoms with Crippen LogP contribution in [0.1, 0.15) is 25.3 Å². The minimum atomic E-state index is 0.627. The van der Waals surface area contributed by atoms with Gasteiger partial charge in [0.1, 0.15) is 0 Å². The molecule has 2 N–H and O–H groups in total. The van der Waals surface area contributed by atoms with Crippen LogP contribution in [0.25, 0.3) is 0 Å². The van der Waals surface area contributed by atoms with E-state index in [0.717, 1.165) is 31.6 Å². The van der Waals surface area contributed by atoms with Gasteiger partial charge in [0.15, 0.2) is 5.05 Å². The van der Waals surface area contributed by atoms with Crippen molar-refractivity contribution in [1.82, 2.24) is 0 Å². The van der Waals surface area contributed by atoms with Crippen LogP contribution in [0.5, 0.6) is 0 Å². The van der Waals surface area contributed by atoms with E-state index in [-0.39, 0.29) is 0 Å². The number of hydrogen-bond donors (Lipinski definition) is 1. The lowest BCUT2D eigenvalue weighted by atomic mass is 10.1. The van der Waals surface area contributed by atoms with Gasteiger partial charge >= 0.3 is 0 Å². The Balaban J connectivity index is 2.15. The summed E-state index contributed by atoms with van der Waals surface area (Å²) in [5.41, 5.74) is 7.74. The number of anilines is 1. The smallest absolute Gasteiger partial charge is 0.156 e. The molecule has 82 valence electrons. The Kier molecular flexibility index (Phi) is 5.12. The predicted molar refractivity (Wildman–Crippen MR) is 68.0 cm³/mol. The third-order valence-corrected chi connectivity index (χ3v) is 2.26. The maximum absolute atomic E-state index is 5.60. The number of thiocarbonyl (C=S) groups is 1. The Morgan fingerprint density at radius 1 is 1.27 bits per heavy atom. The molecule has 2 nitrogen and oxygen atoms in total. The highest BCUT2D eigenvalue weighted by Gasteiger charge is 1.94. The molecule has 0 bridgehead atoms. The molecule has 0 unspecified atom stereocenters. The highest BCUT2D eigenvalue weighted by molar-refractivity contribution is 7.80. The summed E-state index contributed by atoms with van der Waals surface area (Å²) in [6.07, 6.45) is 3.23. The molecular weight excluding hydrogens is 206 g/mol. The van der Waals surface area contributed by atoms with Crippen LogP contribution in [0.3, 0.4) is 0 Å². The van der Waals surface area contributed by atoms with E-state index in [1.165, 1.54) is 5.56 Å². The molecule has 0 spiro atoms. The molecule has 1 rings (SSSR count). The second-order valence-corrected chi connectivity index (χ2v) is 4.11. The van der Waals surface area contributed by atoms with E-state index in [4.69, 9.17) is 22.7 Å². The summed E-state index contributed by atoms with van der Waals surface area (Å²) in [6.45, 7) is 2.53. The Bertz CT molecular complexity index is 308. The third-order valence-electron chi connectivity index (χ3n) is 2.14. The van der Waals surface area contributed by atoms with Crippen molar-refractivity contribution in [3.63, 3.8) is 0 Å². The summed E-state index contributed by atoms with van der Waals surface area (Å²) in [4.78, 5) is 0. The fraction of sp³-hybridized carbons (Fsp3) is 0.417. The van der Waals surface area contributed by atoms with E-state index in [1.54, 1.807) is 6.92 Å². The number of benzene rings is 1. The zero-order valence-corrected chi connectivity index (χ0v) is 9.85. The van der Waals surface area contributed by atoms with Gasteiger partial charge in [0.2, 0.25) is 0 Å². The number of rotatable bonds is 5. The molecule has 1 aromatic rings. The van der Waals surface area contributed by atoms with Gasteiger partial charge in [0.25, 0.3) is 0 Å². The minimum absolute atomic E-state index is 0.627. The molecule has 0 saturated carbocycles. The van der Waals surface area contributed by atoms with Crippen LogP contribution < -0.4 is 5.73 Å². The van der Waals surface area contributed by atoms with Crippen molar-refractivity contribution < 1.29 is 4.74 Å². The van der Waals surface area contributed by atoms with E-state index in [0.29, 0.717) is 5.05 Å². The monoisotopic (exact) mass is 223 g/mol. The highest BCUT2D eigenvalue weighted by Crippen LogP contribution is 2.08. The van der Waals surface area contributed by atoms with Crippen molar-refractivity contribution in [3.8, 4) is 0 Å². The summed E-state index contributed by atoms with van der Waals surface area (Å²) >= 11 is 4.82. The molecular formula is C12H17NOS. The average Bonchev–Trinajstić information content (AvgIpc) is 2.20. The molecule has 0 aromatic heterocycles. The molecule has 15 heavy (non-hydrogen) atoms. The number of ether oxygens (including phenoxy) is 1. The van der Waals surface area contributed by atoms with E-state index in [9.17, 15) is 0 Å². The summed E-state index contributed by atoms with van der Waals surface area (Å²) in [6, 6.07) is 8.02. The highest BCUT2D eigenvalue weighted by atomic mass is 32.1. The molecule has 0 aliphatic rings. The first-order chi connectivity index (χ1) is 7.18. The lowest BCUT2D eigenvalue weighted by Gasteiger charge is -2.04. The molecule has 0 aliphatic heterocycles. The number of unbranched alkanes of at least 4 members (excludes halogenated alkanes) is 1. The second-order valence-electron chi connectivity index (χ2n) is 3.54. The maximum Gasteiger partial charge on any atom is 0.156 e. The van der Waals surface area contributed by atoms with E-state index in [2.05, 4.69) is 12.1 Å². The molecule has 0 fully saturated rings. The predicted octanol–water partition coefficient (Wildman–Crippen LogP) is 2.96. The van der Waals surface area contributed by atoms with E-state index >= 15 is 0 Å². The van der Waals surface area contributed by atoms with Crippen molar-refractivity contribution >= 4 is 23.0 Å². The van der Waals surface area contributed by atoms with Crippen molar-refractivity contribution in [2.75, 3.05) is 12.3 Å². The van der Waals surface area contributed by atoms with Crippen molar-refractivity contribution in [2.45, 2.75) is 26.2 Å². The zero-order valence-electron chi connectivity index (χ0n) is 9.03. The summed E-state index contributed by atoms with van der Waals surface area (Å²) in [5.74, 6) is 0. The van der Waals surface area contributed by atoms with Crippen LogP contribution in [0.15, 0.2) is 24.3 Å². The Morgan fingerprint density at radius 2 is 1.93 bits per heavy atom. The van der Waals surface area contributed by atoms with Gasteiger partial charge in [-0.3, -0.25) is 0 Å². The van der Waals surface area contributed by atoms with Gasteiger partial charge < -0.3 is 10.5 Å². The van der Waals surface area contributed by atoms with Gasteiger partial charge in [-0.2, -0.15) is 0 Å². The normalized spacial score (nSPS) is 9.93. The largest absolute Gasteiger partial charge is 0.487 e.